The number of phenolic OH excluding ortho intramolecular Hbond substituents is 1. The first-order valence-corrected chi connectivity index (χ1v) is 10.4. The maximum atomic E-state index is 12.0. The van der Waals surface area contributed by atoms with Crippen molar-refractivity contribution in [2.45, 2.75) is 32.6 Å². The Morgan fingerprint density at radius 1 is 1.30 bits per heavy atom. The Balaban J connectivity index is 1.50. The molecule has 0 unspecified atom stereocenters. The van der Waals surface area contributed by atoms with E-state index in [0.29, 0.717) is 16.7 Å². The Morgan fingerprint density at radius 3 is 2.82 bits per heavy atom. The molecule has 0 spiro atoms. The summed E-state index contributed by atoms with van der Waals surface area (Å²) in [6, 6.07) is 10.6. The highest BCUT2D eigenvalue weighted by atomic mass is 16.6. The molecule has 0 aliphatic heterocycles. The third kappa shape index (κ3) is 4.69. The van der Waals surface area contributed by atoms with Crippen molar-refractivity contribution in [3.05, 3.63) is 69.0 Å². The molecular weight excluding hydrogens is 428 g/mol. The third-order valence-corrected chi connectivity index (χ3v) is 5.40. The van der Waals surface area contributed by atoms with Crippen LogP contribution in [0.2, 0.25) is 0 Å². The lowest BCUT2D eigenvalue weighted by atomic mass is 9.93. The number of oxime groups is 1. The molecule has 0 saturated heterocycles. The van der Waals surface area contributed by atoms with E-state index in [0.717, 1.165) is 42.6 Å². The van der Waals surface area contributed by atoms with Gasteiger partial charge < -0.3 is 14.4 Å². The van der Waals surface area contributed by atoms with E-state index in [1.54, 1.807) is 6.92 Å². The average Bonchev–Trinajstić information content (AvgIpc) is 3.19. The number of amides is 1. The second-order valence-electron chi connectivity index (χ2n) is 7.61. The summed E-state index contributed by atoms with van der Waals surface area (Å²) >= 11 is 0. The largest absolute Gasteiger partial charge is 0.502 e. The first-order chi connectivity index (χ1) is 16.0. The van der Waals surface area contributed by atoms with Crippen molar-refractivity contribution in [1.29, 1.82) is 0 Å². The second kappa shape index (κ2) is 9.51. The average molecular weight is 450 g/mol. The Bertz CT molecular complexity index is 1260. The molecule has 2 N–H and O–H groups in total. The maximum absolute atomic E-state index is 12.0. The minimum Gasteiger partial charge on any atom is -0.502 e. The van der Waals surface area contributed by atoms with Crippen molar-refractivity contribution in [1.82, 2.24) is 5.43 Å². The van der Waals surface area contributed by atoms with Gasteiger partial charge in [-0.15, -0.1) is 0 Å². The molecule has 10 heteroatoms. The Hall–Kier alpha value is -4.21. The van der Waals surface area contributed by atoms with Crippen LogP contribution < -0.4 is 5.43 Å². The van der Waals surface area contributed by atoms with E-state index < -0.39 is 22.3 Å². The van der Waals surface area contributed by atoms with Crippen LogP contribution in [-0.2, 0) is 22.5 Å². The zero-order valence-electron chi connectivity index (χ0n) is 17.9. The number of carbonyl (C=O) groups excluding carboxylic acids is 1. The van der Waals surface area contributed by atoms with Crippen LogP contribution in [0, 0.1) is 10.1 Å². The van der Waals surface area contributed by atoms with Crippen LogP contribution in [0.1, 0.15) is 42.2 Å². The highest BCUT2D eigenvalue weighted by molar-refractivity contribution is 6.05. The van der Waals surface area contributed by atoms with Crippen LogP contribution >= 0.6 is 0 Å². The van der Waals surface area contributed by atoms with Gasteiger partial charge in [-0.1, -0.05) is 35.5 Å². The molecule has 1 aliphatic rings. The molecule has 0 saturated carbocycles. The van der Waals surface area contributed by atoms with Gasteiger partial charge in [-0.2, -0.15) is 5.10 Å². The van der Waals surface area contributed by atoms with Crippen molar-refractivity contribution in [2.24, 2.45) is 10.3 Å². The van der Waals surface area contributed by atoms with Crippen molar-refractivity contribution < 1.29 is 24.1 Å². The molecule has 33 heavy (non-hydrogen) atoms. The lowest BCUT2D eigenvalue weighted by molar-refractivity contribution is -0.385. The van der Waals surface area contributed by atoms with Crippen LogP contribution in [0.4, 0.5) is 5.69 Å². The number of carbonyl (C=O) groups is 1. The fourth-order valence-corrected chi connectivity index (χ4v) is 3.82. The van der Waals surface area contributed by atoms with E-state index in [1.807, 2.05) is 30.3 Å². The van der Waals surface area contributed by atoms with Gasteiger partial charge in [0.1, 0.15) is 11.3 Å². The standard InChI is InChI=1S/C23H22N4O6/c1-14(15-7-3-2-4-8-15)26-32-13-21(28)25-24-12-17-22-16-9-5-6-10-19(16)33-20(22)11-18(23(17)29)27(30)31/h2-4,7-8,11-12,29H,5-6,9-10,13H2,1H3,(H,25,28). The first kappa shape index (κ1) is 22.0. The number of furan rings is 1. The SMILES string of the molecule is CC(=NOCC(=O)NN=Cc1c(O)c([N+](=O)[O-])cc2oc3c(c12)CCCC3)c1ccccc1. The molecule has 2 aromatic carbocycles. The number of nitrogens with one attached hydrogen (secondary N) is 1. The molecular formula is C23H22N4O6. The molecule has 0 bridgehead atoms. The number of nitrogens with zero attached hydrogens (tertiary/aromatic N) is 3. The van der Waals surface area contributed by atoms with Gasteiger partial charge in [-0.3, -0.25) is 14.9 Å². The minimum absolute atomic E-state index is 0.130. The summed E-state index contributed by atoms with van der Waals surface area (Å²) in [4.78, 5) is 27.8. The number of hydrazone groups is 1. The van der Waals surface area contributed by atoms with E-state index in [1.165, 1.54) is 12.3 Å². The van der Waals surface area contributed by atoms with Crippen LogP contribution in [0.25, 0.3) is 11.0 Å². The topological polar surface area (TPSA) is 140 Å². The molecule has 0 atom stereocenters. The van der Waals surface area contributed by atoms with Gasteiger partial charge in [0.2, 0.25) is 5.75 Å². The highest BCUT2D eigenvalue weighted by Gasteiger charge is 2.27. The Morgan fingerprint density at radius 2 is 2.06 bits per heavy atom. The van der Waals surface area contributed by atoms with Crippen molar-refractivity contribution in [2.75, 3.05) is 6.61 Å². The van der Waals surface area contributed by atoms with E-state index in [-0.39, 0.29) is 12.2 Å². The molecule has 3 aromatic rings. The van der Waals surface area contributed by atoms with Gasteiger partial charge in [0.15, 0.2) is 6.61 Å². The van der Waals surface area contributed by atoms with Gasteiger partial charge in [-0.05, 0) is 31.7 Å². The molecule has 10 nitrogen and oxygen atoms in total. The van der Waals surface area contributed by atoms with E-state index in [2.05, 4.69) is 15.7 Å². The number of phenols is 1. The normalized spacial score (nSPS) is 13.8. The number of aryl methyl sites for hydroxylation is 2. The summed E-state index contributed by atoms with van der Waals surface area (Å²) < 4.78 is 5.82. The summed E-state index contributed by atoms with van der Waals surface area (Å²) in [6.07, 6.45) is 4.57. The second-order valence-corrected chi connectivity index (χ2v) is 7.61. The number of fused-ring (bicyclic) bond motifs is 3. The van der Waals surface area contributed by atoms with Gasteiger partial charge in [0.05, 0.1) is 28.5 Å². The third-order valence-electron chi connectivity index (χ3n) is 5.40. The van der Waals surface area contributed by atoms with Gasteiger partial charge in [-0.25, -0.2) is 5.43 Å². The van der Waals surface area contributed by atoms with Crippen molar-refractivity contribution >= 4 is 34.5 Å². The van der Waals surface area contributed by atoms with Gasteiger partial charge in [0, 0.05) is 17.4 Å². The fraction of sp³-hybridized carbons (Fsp3) is 0.261. The Kier molecular flexibility index (Phi) is 6.34. The summed E-state index contributed by atoms with van der Waals surface area (Å²) in [5, 5.41) is 30.2. The zero-order chi connectivity index (χ0) is 23.4. The number of nitro groups is 1. The molecule has 0 radical (unpaired) electrons. The predicted octanol–water partition coefficient (Wildman–Crippen LogP) is 3.82. The van der Waals surface area contributed by atoms with Crippen LogP contribution in [0.5, 0.6) is 5.75 Å². The van der Waals surface area contributed by atoms with Crippen LogP contribution in [-0.4, -0.2) is 34.5 Å². The molecule has 4 rings (SSSR count). The molecule has 1 heterocycles. The number of nitro benzene ring substituents is 1. The van der Waals surface area contributed by atoms with E-state index >= 15 is 0 Å². The lowest BCUT2D eigenvalue weighted by Crippen LogP contribution is -2.22. The van der Waals surface area contributed by atoms with Crippen LogP contribution in [0.3, 0.4) is 0 Å². The summed E-state index contributed by atoms with van der Waals surface area (Å²) in [5.41, 5.74) is 4.62. The first-order valence-electron chi connectivity index (χ1n) is 10.4. The number of hydrogen-bond donors (Lipinski definition) is 2. The quantitative estimate of drug-likeness (QED) is 0.319. The summed E-state index contributed by atoms with van der Waals surface area (Å²) in [7, 11) is 0. The highest BCUT2D eigenvalue weighted by Crippen LogP contribution is 2.41. The Labute approximate surface area is 188 Å². The molecule has 1 aromatic heterocycles. The van der Waals surface area contributed by atoms with Gasteiger partial charge in [0.25, 0.3) is 5.91 Å². The molecule has 1 amide bonds. The van der Waals surface area contributed by atoms with E-state index in [9.17, 15) is 20.0 Å². The van der Waals surface area contributed by atoms with Gasteiger partial charge >= 0.3 is 5.69 Å². The smallest absolute Gasteiger partial charge is 0.315 e. The minimum atomic E-state index is -0.687. The monoisotopic (exact) mass is 450 g/mol. The van der Waals surface area contributed by atoms with E-state index in [4.69, 9.17) is 9.25 Å². The van der Waals surface area contributed by atoms with Crippen molar-refractivity contribution in [3.8, 4) is 5.75 Å². The number of rotatable bonds is 7. The maximum Gasteiger partial charge on any atom is 0.315 e. The zero-order valence-corrected chi connectivity index (χ0v) is 17.9. The van der Waals surface area contributed by atoms with Crippen LogP contribution in [0.15, 0.2) is 51.1 Å². The molecule has 170 valence electrons. The predicted molar refractivity (Wildman–Crippen MR) is 122 cm³/mol. The lowest BCUT2D eigenvalue weighted by Gasteiger charge is -2.10. The number of aromatic hydroxyl groups is 1. The molecule has 0 fully saturated rings. The fourth-order valence-electron chi connectivity index (χ4n) is 3.82. The van der Waals surface area contributed by atoms with Crippen molar-refractivity contribution in [3.63, 3.8) is 0 Å². The summed E-state index contributed by atoms with van der Waals surface area (Å²) in [5.74, 6) is -0.347. The molecule has 1 aliphatic carbocycles. The number of hydrogen-bond acceptors (Lipinski definition) is 8. The summed E-state index contributed by atoms with van der Waals surface area (Å²) in [6.45, 7) is 1.38. The number of benzene rings is 2.